The van der Waals surface area contributed by atoms with Crippen LogP contribution in [-0.2, 0) is 9.84 Å². The number of halogens is 3. The second-order valence-corrected chi connectivity index (χ2v) is 6.77. The van der Waals surface area contributed by atoms with Gasteiger partial charge in [-0.15, -0.1) is 0 Å². The number of rotatable bonds is 4. The lowest BCUT2D eigenvalue weighted by Crippen LogP contribution is -2.36. The smallest absolute Gasteiger partial charge is 0.391 e. The third kappa shape index (κ3) is 5.62. The molecular formula is C12H15F3N2O3S. The van der Waals surface area contributed by atoms with Crippen LogP contribution in [0.15, 0.2) is 23.1 Å². The van der Waals surface area contributed by atoms with Gasteiger partial charge < -0.3 is 11.1 Å². The van der Waals surface area contributed by atoms with Crippen LogP contribution in [0.25, 0.3) is 0 Å². The molecule has 3 N–H and O–H groups in total. The molecule has 0 aromatic heterocycles. The van der Waals surface area contributed by atoms with Crippen molar-refractivity contribution in [3.05, 3.63) is 23.8 Å². The molecule has 0 aliphatic carbocycles. The predicted molar refractivity (Wildman–Crippen MR) is 71.6 cm³/mol. The van der Waals surface area contributed by atoms with Crippen LogP contribution in [0.3, 0.4) is 0 Å². The van der Waals surface area contributed by atoms with Crippen molar-refractivity contribution in [2.75, 3.05) is 12.0 Å². The number of anilines is 1. The zero-order valence-corrected chi connectivity index (χ0v) is 12.2. The summed E-state index contributed by atoms with van der Waals surface area (Å²) in [6, 6.07) is 2.30. The van der Waals surface area contributed by atoms with Crippen LogP contribution in [0.2, 0.25) is 0 Å². The molecule has 5 nitrogen and oxygen atoms in total. The molecule has 0 aliphatic heterocycles. The van der Waals surface area contributed by atoms with Crippen LogP contribution < -0.4 is 11.1 Å². The van der Waals surface area contributed by atoms with E-state index in [1.807, 2.05) is 0 Å². The topological polar surface area (TPSA) is 89.3 Å². The van der Waals surface area contributed by atoms with Crippen LogP contribution in [0.5, 0.6) is 0 Å². The molecule has 0 fully saturated rings. The Morgan fingerprint density at radius 2 is 1.90 bits per heavy atom. The summed E-state index contributed by atoms with van der Waals surface area (Å²) >= 11 is 0. The minimum absolute atomic E-state index is 0.0338. The molecule has 1 unspecified atom stereocenters. The minimum Gasteiger partial charge on any atom is -0.399 e. The van der Waals surface area contributed by atoms with E-state index in [0.29, 0.717) is 0 Å². The van der Waals surface area contributed by atoms with Gasteiger partial charge in [0.1, 0.15) is 0 Å². The lowest BCUT2D eigenvalue weighted by Gasteiger charge is -2.16. The molecule has 0 bridgehead atoms. The van der Waals surface area contributed by atoms with Gasteiger partial charge >= 0.3 is 6.18 Å². The lowest BCUT2D eigenvalue weighted by molar-refractivity contribution is -0.138. The maximum atomic E-state index is 12.2. The molecule has 21 heavy (non-hydrogen) atoms. The second kappa shape index (κ2) is 5.92. The minimum atomic E-state index is -4.40. The number of carbonyl (C=O) groups is 1. The fourth-order valence-corrected chi connectivity index (χ4v) is 2.36. The van der Waals surface area contributed by atoms with E-state index in [1.54, 1.807) is 0 Å². The van der Waals surface area contributed by atoms with Gasteiger partial charge in [0.05, 0.1) is 11.3 Å². The average Bonchev–Trinajstić information content (AvgIpc) is 2.23. The molecule has 1 amide bonds. The Balaban J connectivity index is 2.96. The van der Waals surface area contributed by atoms with E-state index < -0.39 is 34.4 Å². The van der Waals surface area contributed by atoms with Gasteiger partial charge in [0, 0.05) is 23.5 Å². The van der Waals surface area contributed by atoms with Crippen LogP contribution in [0.1, 0.15) is 23.7 Å². The van der Waals surface area contributed by atoms with Crippen molar-refractivity contribution in [1.29, 1.82) is 0 Å². The molecule has 1 rings (SSSR count). The molecule has 0 spiro atoms. The maximum absolute atomic E-state index is 12.2. The quantitative estimate of drug-likeness (QED) is 0.826. The molecule has 118 valence electrons. The van der Waals surface area contributed by atoms with Crippen molar-refractivity contribution in [2.24, 2.45) is 0 Å². The number of amides is 1. The van der Waals surface area contributed by atoms with Gasteiger partial charge in [0.25, 0.3) is 5.91 Å². The van der Waals surface area contributed by atoms with Crippen molar-refractivity contribution in [3.63, 3.8) is 0 Å². The van der Waals surface area contributed by atoms with Gasteiger partial charge in [-0.1, -0.05) is 0 Å². The summed E-state index contributed by atoms with van der Waals surface area (Å²) in [4.78, 5) is 11.7. The summed E-state index contributed by atoms with van der Waals surface area (Å²) in [5.41, 5.74) is 5.43. The molecule has 0 saturated heterocycles. The molecule has 0 saturated carbocycles. The third-order valence-electron chi connectivity index (χ3n) is 2.53. The highest BCUT2D eigenvalue weighted by Crippen LogP contribution is 2.22. The van der Waals surface area contributed by atoms with E-state index in [0.717, 1.165) is 12.3 Å². The summed E-state index contributed by atoms with van der Waals surface area (Å²) in [7, 11) is -3.58. The second-order valence-electron chi connectivity index (χ2n) is 4.76. The summed E-state index contributed by atoms with van der Waals surface area (Å²) in [5.74, 6) is -0.816. The highest BCUT2D eigenvalue weighted by molar-refractivity contribution is 7.90. The maximum Gasteiger partial charge on any atom is 0.391 e. The standard InChI is InChI=1S/C12H15F3N2O3S/c1-7(6-12(13,14)15)17-11(18)8-3-9(16)5-10(4-8)21(2,19)20/h3-5,7H,6,16H2,1-2H3,(H,17,18). The first-order chi connectivity index (χ1) is 9.38. The Morgan fingerprint density at radius 1 is 1.33 bits per heavy atom. The third-order valence-corrected chi connectivity index (χ3v) is 3.63. The van der Waals surface area contributed by atoms with Crippen LogP contribution in [-0.4, -0.2) is 32.8 Å². The van der Waals surface area contributed by atoms with Crippen LogP contribution in [0, 0.1) is 0 Å². The van der Waals surface area contributed by atoms with E-state index in [2.05, 4.69) is 5.32 Å². The molecular weight excluding hydrogens is 309 g/mol. The summed E-state index contributed by atoms with van der Waals surface area (Å²) in [6.07, 6.45) is -4.64. The highest BCUT2D eigenvalue weighted by atomic mass is 32.2. The SMILES string of the molecule is CC(CC(F)(F)F)NC(=O)c1cc(N)cc(S(C)(=O)=O)c1. The summed E-state index contributed by atoms with van der Waals surface area (Å²) in [5, 5.41) is 2.15. The Kier molecular flexibility index (Phi) is 4.87. The van der Waals surface area contributed by atoms with Crippen molar-refractivity contribution in [1.82, 2.24) is 5.32 Å². The van der Waals surface area contributed by atoms with E-state index >= 15 is 0 Å². The first kappa shape index (κ1) is 17.3. The van der Waals surface area contributed by atoms with Crippen molar-refractivity contribution < 1.29 is 26.4 Å². The van der Waals surface area contributed by atoms with Crippen LogP contribution in [0.4, 0.5) is 18.9 Å². The Bertz CT molecular complexity index is 642. The first-order valence-corrected chi connectivity index (χ1v) is 7.76. The first-order valence-electron chi connectivity index (χ1n) is 5.87. The van der Waals surface area contributed by atoms with E-state index in [9.17, 15) is 26.4 Å². The molecule has 9 heteroatoms. The normalized spacial score (nSPS) is 13.8. The van der Waals surface area contributed by atoms with E-state index in [4.69, 9.17) is 5.73 Å². The Labute approximate surface area is 120 Å². The number of nitrogen functional groups attached to an aromatic ring is 1. The van der Waals surface area contributed by atoms with Gasteiger partial charge in [0.15, 0.2) is 9.84 Å². The van der Waals surface area contributed by atoms with E-state index in [-0.39, 0.29) is 16.1 Å². The van der Waals surface area contributed by atoms with Gasteiger partial charge in [-0.2, -0.15) is 13.2 Å². The number of hydrogen-bond acceptors (Lipinski definition) is 4. The number of sulfone groups is 1. The fraction of sp³-hybridized carbons (Fsp3) is 0.417. The molecule has 1 aromatic rings. The zero-order chi connectivity index (χ0) is 16.4. The van der Waals surface area contributed by atoms with Gasteiger partial charge in [-0.25, -0.2) is 8.42 Å². The highest BCUT2D eigenvalue weighted by Gasteiger charge is 2.30. The average molecular weight is 324 g/mol. The van der Waals surface area contributed by atoms with Gasteiger partial charge in [-0.05, 0) is 25.1 Å². The molecule has 0 heterocycles. The Morgan fingerprint density at radius 3 is 2.38 bits per heavy atom. The number of hydrogen-bond donors (Lipinski definition) is 2. The summed E-state index contributed by atoms with van der Waals surface area (Å²) < 4.78 is 59.4. The number of nitrogens with one attached hydrogen (secondary N) is 1. The molecule has 1 aromatic carbocycles. The van der Waals surface area contributed by atoms with Gasteiger partial charge in [0.2, 0.25) is 0 Å². The zero-order valence-electron chi connectivity index (χ0n) is 11.4. The number of carbonyl (C=O) groups excluding carboxylic acids is 1. The number of alkyl halides is 3. The predicted octanol–water partition coefficient (Wildman–Crippen LogP) is 1.74. The van der Waals surface area contributed by atoms with E-state index in [1.165, 1.54) is 19.1 Å². The van der Waals surface area contributed by atoms with Crippen LogP contribution >= 0.6 is 0 Å². The Hall–Kier alpha value is -1.77. The number of nitrogens with two attached hydrogens (primary N) is 1. The van der Waals surface area contributed by atoms with Crippen molar-refractivity contribution in [2.45, 2.75) is 30.5 Å². The van der Waals surface area contributed by atoms with Crippen molar-refractivity contribution in [3.8, 4) is 0 Å². The lowest BCUT2D eigenvalue weighted by atomic mass is 10.1. The van der Waals surface area contributed by atoms with Gasteiger partial charge in [-0.3, -0.25) is 4.79 Å². The van der Waals surface area contributed by atoms with Crippen molar-refractivity contribution >= 4 is 21.4 Å². The number of benzene rings is 1. The summed E-state index contributed by atoms with van der Waals surface area (Å²) in [6.45, 7) is 1.20. The molecule has 0 aliphatic rings. The largest absolute Gasteiger partial charge is 0.399 e. The molecule has 0 radical (unpaired) electrons. The molecule has 1 atom stereocenters. The fourth-order valence-electron chi connectivity index (χ4n) is 1.67. The monoisotopic (exact) mass is 324 g/mol.